The van der Waals surface area contributed by atoms with Gasteiger partial charge in [0.1, 0.15) is 0 Å². The number of hydrogen-bond acceptors (Lipinski definition) is 4. The van der Waals surface area contributed by atoms with Crippen molar-refractivity contribution < 1.29 is 13.2 Å². The molecule has 30 heavy (non-hydrogen) atoms. The van der Waals surface area contributed by atoms with Crippen molar-refractivity contribution in [3.63, 3.8) is 0 Å². The number of benzene rings is 2. The number of nitrogens with zero attached hydrogens (tertiary/aromatic N) is 2. The van der Waals surface area contributed by atoms with Gasteiger partial charge >= 0.3 is 0 Å². The number of rotatable bonds is 7. The number of carbonyl (C=O) groups excluding carboxylic acids is 1. The van der Waals surface area contributed by atoms with Gasteiger partial charge in [0.05, 0.1) is 4.90 Å². The van der Waals surface area contributed by atoms with Crippen LogP contribution in [0.1, 0.15) is 36.7 Å². The van der Waals surface area contributed by atoms with Crippen molar-refractivity contribution in [1.29, 1.82) is 0 Å². The van der Waals surface area contributed by atoms with Crippen LogP contribution in [0.4, 0.5) is 0 Å². The zero-order valence-corrected chi connectivity index (χ0v) is 18.7. The average Bonchev–Trinajstić information content (AvgIpc) is 2.75. The predicted octanol–water partition coefficient (Wildman–Crippen LogP) is 2.97. The Morgan fingerprint density at radius 1 is 0.933 bits per heavy atom. The van der Waals surface area contributed by atoms with Crippen LogP contribution in [-0.4, -0.2) is 55.8 Å². The van der Waals surface area contributed by atoms with Gasteiger partial charge in [0.2, 0.25) is 10.0 Å². The molecule has 0 radical (unpaired) electrons. The second-order valence-electron chi connectivity index (χ2n) is 8.20. The van der Waals surface area contributed by atoms with Crippen LogP contribution in [0, 0.1) is 5.92 Å². The summed E-state index contributed by atoms with van der Waals surface area (Å²) >= 11 is 0. The van der Waals surface area contributed by atoms with E-state index in [0.29, 0.717) is 42.6 Å². The minimum Gasteiger partial charge on any atom is -0.349 e. The van der Waals surface area contributed by atoms with E-state index >= 15 is 0 Å². The van der Waals surface area contributed by atoms with Gasteiger partial charge in [-0.3, -0.25) is 9.69 Å². The molecule has 7 heteroatoms. The first kappa shape index (κ1) is 22.5. The lowest BCUT2D eigenvalue weighted by atomic mass is 10.1. The highest BCUT2D eigenvalue weighted by atomic mass is 32.2. The molecule has 0 saturated carbocycles. The van der Waals surface area contributed by atoms with Crippen LogP contribution in [0.25, 0.3) is 0 Å². The molecule has 0 spiro atoms. The molecular weight excluding hydrogens is 398 g/mol. The van der Waals surface area contributed by atoms with Crippen LogP contribution < -0.4 is 5.32 Å². The molecule has 1 fully saturated rings. The lowest BCUT2D eigenvalue weighted by Crippen LogP contribution is -2.48. The van der Waals surface area contributed by atoms with Crippen molar-refractivity contribution in [2.24, 2.45) is 5.92 Å². The molecule has 162 valence electrons. The van der Waals surface area contributed by atoms with Crippen molar-refractivity contribution in [2.45, 2.75) is 38.3 Å². The third-order valence-corrected chi connectivity index (χ3v) is 7.61. The molecule has 1 saturated heterocycles. The highest BCUT2D eigenvalue weighted by Gasteiger charge is 2.28. The first-order valence-corrected chi connectivity index (χ1v) is 11.9. The van der Waals surface area contributed by atoms with Crippen LogP contribution >= 0.6 is 0 Å². The van der Waals surface area contributed by atoms with Gasteiger partial charge in [-0.25, -0.2) is 8.42 Å². The Labute approximate surface area is 179 Å². The molecule has 2 aromatic rings. The first-order chi connectivity index (χ1) is 14.3. The van der Waals surface area contributed by atoms with Gasteiger partial charge < -0.3 is 5.32 Å². The SMILES string of the molecule is CC(C)[C@@H](C)NC(=O)c1ccc(CN2CCN(S(=O)(=O)c3ccccc3)CC2)cc1. The second kappa shape index (κ2) is 9.73. The quantitative estimate of drug-likeness (QED) is 0.735. The molecule has 0 unspecified atom stereocenters. The molecule has 0 aliphatic carbocycles. The lowest BCUT2D eigenvalue weighted by molar-refractivity contribution is 0.0930. The van der Waals surface area contributed by atoms with E-state index in [4.69, 9.17) is 0 Å². The van der Waals surface area contributed by atoms with Gasteiger partial charge in [0.15, 0.2) is 0 Å². The number of sulfonamides is 1. The Hall–Kier alpha value is -2.22. The fraction of sp³-hybridized carbons (Fsp3) is 0.435. The summed E-state index contributed by atoms with van der Waals surface area (Å²) < 4.78 is 27.0. The topological polar surface area (TPSA) is 69.7 Å². The summed E-state index contributed by atoms with van der Waals surface area (Å²) in [6, 6.07) is 16.4. The minimum atomic E-state index is -3.43. The van der Waals surface area contributed by atoms with Gasteiger partial charge in [0.25, 0.3) is 5.91 Å². The van der Waals surface area contributed by atoms with Crippen molar-refractivity contribution in [1.82, 2.24) is 14.5 Å². The molecule has 6 nitrogen and oxygen atoms in total. The van der Waals surface area contributed by atoms with Gasteiger partial charge in [-0.1, -0.05) is 44.2 Å². The summed E-state index contributed by atoms with van der Waals surface area (Å²) in [6.07, 6.45) is 0. The van der Waals surface area contributed by atoms with Crippen molar-refractivity contribution >= 4 is 15.9 Å². The van der Waals surface area contributed by atoms with Gasteiger partial charge in [-0.05, 0) is 42.7 Å². The summed E-state index contributed by atoms with van der Waals surface area (Å²) in [5, 5.41) is 3.02. The van der Waals surface area contributed by atoms with E-state index in [2.05, 4.69) is 24.1 Å². The molecule has 0 aromatic heterocycles. The van der Waals surface area contributed by atoms with Crippen LogP contribution in [-0.2, 0) is 16.6 Å². The highest BCUT2D eigenvalue weighted by Crippen LogP contribution is 2.18. The molecular formula is C23H31N3O3S. The molecule has 1 aliphatic rings. The molecule has 0 bridgehead atoms. The third kappa shape index (κ3) is 5.47. The summed E-state index contributed by atoms with van der Waals surface area (Å²) in [4.78, 5) is 14.9. The Kier molecular flexibility index (Phi) is 7.28. The first-order valence-electron chi connectivity index (χ1n) is 10.4. The number of piperazine rings is 1. The van der Waals surface area contributed by atoms with Crippen molar-refractivity contribution in [3.05, 3.63) is 65.7 Å². The van der Waals surface area contributed by atoms with Crippen molar-refractivity contribution in [2.75, 3.05) is 26.2 Å². The van der Waals surface area contributed by atoms with E-state index < -0.39 is 10.0 Å². The minimum absolute atomic E-state index is 0.0533. The fourth-order valence-electron chi connectivity index (χ4n) is 3.35. The standard InChI is InChI=1S/C23H31N3O3S/c1-18(2)19(3)24-23(27)21-11-9-20(10-12-21)17-25-13-15-26(16-14-25)30(28,29)22-7-5-4-6-8-22/h4-12,18-19H,13-17H2,1-3H3,(H,24,27)/t19-/m1/s1. The number of amides is 1. The van der Waals surface area contributed by atoms with E-state index in [1.165, 1.54) is 0 Å². The smallest absolute Gasteiger partial charge is 0.251 e. The summed E-state index contributed by atoms with van der Waals surface area (Å²) in [5.41, 5.74) is 1.77. The van der Waals surface area contributed by atoms with Crippen LogP contribution in [0.3, 0.4) is 0 Å². The van der Waals surface area contributed by atoms with Crippen LogP contribution in [0.2, 0.25) is 0 Å². The summed E-state index contributed by atoms with van der Waals surface area (Å²) in [6.45, 7) is 9.23. The maximum Gasteiger partial charge on any atom is 0.251 e. The van der Waals surface area contributed by atoms with Gasteiger partial charge in [-0.2, -0.15) is 4.31 Å². The van der Waals surface area contributed by atoms with Gasteiger partial charge in [0, 0.05) is 44.3 Å². The van der Waals surface area contributed by atoms with Crippen LogP contribution in [0.15, 0.2) is 59.5 Å². The Morgan fingerprint density at radius 3 is 2.10 bits per heavy atom. The Balaban J connectivity index is 1.53. The maximum absolute atomic E-state index is 12.7. The van der Waals surface area contributed by atoms with E-state index in [-0.39, 0.29) is 11.9 Å². The number of hydrogen-bond donors (Lipinski definition) is 1. The molecule has 3 rings (SSSR count). The lowest BCUT2D eigenvalue weighted by Gasteiger charge is -2.34. The van der Waals surface area contributed by atoms with Crippen LogP contribution in [0.5, 0.6) is 0 Å². The van der Waals surface area contributed by atoms with Crippen molar-refractivity contribution in [3.8, 4) is 0 Å². The maximum atomic E-state index is 12.7. The Bertz CT molecular complexity index is 935. The summed E-state index contributed by atoms with van der Waals surface area (Å²) in [7, 11) is -3.43. The number of carbonyl (C=O) groups is 1. The zero-order valence-electron chi connectivity index (χ0n) is 17.9. The molecule has 1 aliphatic heterocycles. The second-order valence-corrected chi connectivity index (χ2v) is 10.1. The van der Waals surface area contributed by atoms with Gasteiger partial charge in [-0.15, -0.1) is 0 Å². The normalized spacial score (nSPS) is 17.1. The van der Waals surface area contributed by atoms with E-state index in [0.717, 1.165) is 12.1 Å². The van der Waals surface area contributed by atoms with E-state index in [1.54, 1.807) is 28.6 Å². The predicted molar refractivity (Wildman–Crippen MR) is 119 cm³/mol. The molecule has 1 atom stereocenters. The number of nitrogens with one attached hydrogen (secondary N) is 1. The average molecular weight is 430 g/mol. The molecule has 1 N–H and O–H groups in total. The van der Waals surface area contributed by atoms with E-state index in [9.17, 15) is 13.2 Å². The Morgan fingerprint density at radius 2 is 1.53 bits per heavy atom. The largest absolute Gasteiger partial charge is 0.349 e. The monoisotopic (exact) mass is 429 g/mol. The fourth-order valence-corrected chi connectivity index (χ4v) is 4.79. The molecule has 1 amide bonds. The summed E-state index contributed by atoms with van der Waals surface area (Å²) in [5.74, 6) is 0.333. The third-order valence-electron chi connectivity index (χ3n) is 5.69. The van der Waals surface area contributed by atoms with E-state index in [1.807, 2.05) is 37.3 Å². The molecule has 2 aromatic carbocycles. The zero-order chi connectivity index (χ0) is 21.7. The molecule has 1 heterocycles. The highest BCUT2D eigenvalue weighted by molar-refractivity contribution is 7.89.